The average Bonchev–Trinajstić information content (AvgIpc) is 2.67. The normalized spacial score (nSPS) is 38.4. The van der Waals surface area contributed by atoms with E-state index in [1.54, 1.807) is 0 Å². The SMILES string of the molecule is CC1(C)[C@H](C(N)=O)CC[C@@]1(C)[C@@H]1NC(=O)NC1=O. The third-order valence-electron chi connectivity index (χ3n) is 5.05. The second-order valence-corrected chi connectivity index (χ2v) is 6.03. The van der Waals surface area contributed by atoms with Gasteiger partial charge in [-0.15, -0.1) is 0 Å². The van der Waals surface area contributed by atoms with E-state index in [9.17, 15) is 14.4 Å². The fourth-order valence-corrected chi connectivity index (χ4v) is 3.40. The molecule has 1 saturated heterocycles. The van der Waals surface area contributed by atoms with Gasteiger partial charge in [-0.2, -0.15) is 0 Å². The lowest BCUT2D eigenvalue weighted by molar-refractivity contribution is -0.130. The molecule has 1 saturated carbocycles. The molecule has 3 atom stereocenters. The van der Waals surface area contributed by atoms with E-state index in [0.29, 0.717) is 12.8 Å². The lowest BCUT2D eigenvalue weighted by Gasteiger charge is -2.43. The van der Waals surface area contributed by atoms with E-state index in [-0.39, 0.29) is 17.7 Å². The van der Waals surface area contributed by atoms with Crippen LogP contribution >= 0.6 is 0 Å². The number of amides is 4. The molecular formula is C12H19N3O3. The van der Waals surface area contributed by atoms with Crippen molar-refractivity contribution >= 4 is 17.8 Å². The molecule has 6 nitrogen and oxygen atoms in total. The number of nitrogens with two attached hydrogens (primary N) is 1. The number of imide groups is 1. The maximum Gasteiger partial charge on any atom is 0.322 e. The Morgan fingerprint density at radius 3 is 2.33 bits per heavy atom. The van der Waals surface area contributed by atoms with Crippen LogP contribution in [-0.2, 0) is 9.59 Å². The monoisotopic (exact) mass is 253 g/mol. The maximum absolute atomic E-state index is 11.8. The maximum atomic E-state index is 11.8. The van der Waals surface area contributed by atoms with Gasteiger partial charge in [-0.1, -0.05) is 20.8 Å². The minimum Gasteiger partial charge on any atom is -0.369 e. The minimum atomic E-state index is -0.593. The lowest BCUT2D eigenvalue weighted by Crippen LogP contribution is -2.52. The molecule has 4 N–H and O–H groups in total. The van der Waals surface area contributed by atoms with Crippen LogP contribution < -0.4 is 16.4 Å². The molecule has 0 aromatic heterocycles. The van der Waals surface area contributed by atoms with Gasteiger partial charge < -0.3 is 11.1 Å². The number of rotatable bonds is 2. The van der Waals surface area contributed by atoms with Gasteiger partial charge in [0.2, 0.25) is 5.91 Å². The second-order valence-electron chi connectivity index (χ2n) is 6.03. The summed E-state index contributed by atoms with van der Waals surface area (Å²) in [6.45, 7) is 5.81. The van der Waals surface area contributed by atoms with Gasteiger partial charge in [0.25, 0.3) is 5.91 Å². The molecule has 2 aliphatic rings. The summed E-state index contributed by atoms with van der Waals surface area (Å²) in [6, 6.07) is -1.06. The highest BCUT2D eigenvalue weighted by Gasteiger charge is 2.60. The molecule has 0 aromatic rings. The Kier molecular flexibility index (Phi) is 2.64. The van der Waals surface area contributed by atoms with Crippen molar-refractivity contribution in [2.45, 2.75) is 39.7 Å². The third-order valence-corrected chi connectivity index (χ3v) is 5.05. The Hall–Kier alpha value is -1.59. The predicted molar refractivity (Wildman–Crippen MR) is 64.3 cm³/mol. The van der Waals surface area contributed by atoms with Crippen molar-refractivity contribution in [1.29, 1.82) is 0 Å². The Bertz CT molecular complexity index is 432. The molecule has 0 spiro atoms. The Morgan fingerprint density at radius 2 is 1.94 bits per heavy atom. The third kappa shape index (κ3) is 1.51. The van der Waals surface area contributed by atoms with Crippen LogP contribution in [0.5, 0.6) is 0 Å². The average molecular weight is 253 g/mol. The van der Waals surface area contributed by atoms with Crippen molar-refractivity contribution in [1.82, 2.24) is 10.6 Å². The standard InChI is InChI=1S/C12H19N3O3/c1-11(2)6(8(13)16)4-5-12(11,3)7-9(17)15-10(18)14-7/h6-7H,4-5H2,1-3H3,(H2,13,16)(H2,14,15,17,18)/t6-,7+,12-/m0/s1. The number of hydrogen-bond donors (Lipinski definition) is 3. The molecule has 2 rings (SSSR count). The Labute approximate surface area is 106 Å². The lowest BCUT2D eigenvalue weighted by atomic mass is 9.62. The van der Waals surface area contributed by atoms with Gasteiger partial charge in [-0.25, -0.2) is 4.79 Å². The van der Waals surface area contributed by atoms with Crippen LogP contribution in [0.25, 0.3) is 0 Å². The van der Waals surface area contributed by atoms with Crippen molar-refractivity contribution in [3.05, 3.63) is 0 Å². The predicted octanol–water partition coefficient (Wildman–Crippen LogP) is 0.122. The first-order valence-electron chi connectivity index (χ1n) is 6.11. The van der Waals surface area contributed by atoms with Gasteiger partial charge in [-0.3, -0.25) is 14.9 Å². The highest BCUT2D eigenvalue weighted by atomic mass is 16.2. The van der Waals surface area contributed by atoms with Gasteiger partial charge in [0.05, 0.1) is 0 Å². The molecule has 6 heteroatoms. The molecule has 1 aliphatic heterocycles. The summed E-state index contributed by atoms with van der Waals surface area (Å²) in [7, 11) is 0. The van der Waals surface area contributed by atoms with Gasteiger partial charge in [0.15, 0.2) is 0 Å². The summed E-state index contributed by atoms with van der Waals surface area (Å²) in [4.78, 5) is 34.6. The molecule has 2 fully saturated rings. The number of urea groups is 1. The smallest absolute Gasteiger partial charge is 0.322 e. The number of carbonyl (C=O) groups excluding carboxylic acids is 3. The fraction of sp³-hybridized carbons (Fsp3) is 0.750. The van der Waals surface area contributed by atoms with Crippen molar-refractivity contribution in [2.24, 2.45) is 22.5 Å². The highest BCUT2D eigenvalue weighted by Crippen LogP contribution is 2.57. The van der Waals surface area contributed by atoms with Crippen molar-refractivity contribution in [3.63, 3.8) is 0 Å². The van der Waals surface area contributed by atoms with Crippen LogP contribution in [0.15, 0.2) is 0 Å². The summed E-state index contributed by atoms with van der Waals surface area (Å²) in [5.41, 5.74) is 4.53. The Balaban J connectivity index is 2.35. The number of carbonyl (C=O) groups is 3. The molecule has 100 valence electrons. The van der Waals surface area contributed by atoms with Gasteiger partial charge in [-0.05, 0) is 18.3 Å². The molecule has 4 amide bonds. The summed E-state index contributed by atoms with van der Waals surface area (Å²) in [6.07, 6.45) is 1.34. The van der Waals surface area contributed by atoms with Crippen LogP contribution in [-0.4, -0.2) is 23.9 Å². The van der Waals surface area contributed by atoms with E-state index in [2.05, 4.69) is 10.6 Å². The van der Waals surface area contributed by atoms with Crippen LogP contribution in [0.3, 0.4) is 0 Å². The molecule has 0 radical (unpaired) electrons. The minimum absolute atomic E-state index is 0.271. The summed E-state index contributed by atoms with van der Waals surface area (Å²) in [5.74, 6) is -0.929. The first kappa shape index (κ1) is 12.9. The van der Waals surface area contributed by atoms with Gasteiger partial charge >= 0.3 is 6.03 Å². The van der Waals surface area contributed by atoms with E-state index in [0.717, 1.165) is 0 Å². The van der Waals surface area contributed by atoms with Gasteiger partial charge in [0, 0.05) is 11.3 Å². The second kappa shape index (κ2) is 3.70. The topological polar surface area (TPSA) is 101 Å². The highest BCUT2D eigenvalue weighted by molar-refractivity contribution is 6.04. The van der Waals surface area contributed by atoms with Crippen LogP contribution in [0.1, 0.15) is 33.6 Å². The molecule has 0 bridgehead atoms. The number of hydrogen-bond acceptors (Lipinski definition) is 3. The fourth-order valence-electron chi connectivity index (χ4n) is 3.40. The number of nitrogens with one attached hydrogen (secondary N) is 2. The summed E-state index contributed by atoms with van der Waals surface area (Å²) in [5, 5.41) is 4.90. The zero-order valence-corrected chi connectivity index (χ0v) is 10.9. The summed E-state index contributed by atoms with van der Waals surface area (Å²) >= 11 is 0. The van der Waals surface area contributed by atoms with E-state index < -0.39 is 22.9 Å². The van der Waals surface area contributed by atoms with Crippen molar-refractivity contribution < 1.29 is 14.4 Å². The van der Waals surface area contributed by atoms with Crippen LogP contribution in [0, 0.1) is 16.7 Å². The van der Waals surface area contributed by atoms with Crippen molar-refractivity contribution in [2.75, 3.05) is 0 Å². The van der Waals surface area contributed by atoms with E-state index >= 15 is 0 Å². The van der Waals surface area contributed by atoms with Crippen LogP contribution in [0.2, 0.25) is 0 Å². The van der Waals surface area contributed by atoms with Crippen LogP contribution in [0.4, 0.5) is 4.79 Å². The zero-order chi connectivity index (χ0) is 13.7. The van der Waals surface area contributed by atoms with Gasteiger partial charge in [0.1, 0.15) is 6.04 Å². The quantitative estimate of drug-likeness (QED) is 0.609. The zero-order valence-electron chi connectivity index (χ0n) is 10.9. The first-order chi connectivity index (χ1) is 8.20. The number of primary amides is 1. The van der Waals surface area contributed by atoms with E-state index in [1.807, 2.05) is 20.8 Å². The van der Waals surface area contributed by atoms with E-state index in [4.69, 9.17) is 5.73 Å². The Morgan fingerprint density at radius 1 is 1.33 bits per heavy atom. The van der Waals surface area contributed by atoms with E-state index in [1.165, 1.54) is 0 Å². The van der Waals surface area contributed by atoms with Crippen molar-refractivity contribution in [3.8, 4) is 0 Å². The molecule has 1 aliphatic carbocycles. The summed E-state index contributed by atoms with van der Waals surface area (Å²) < 4.78 is 0. The largest absolute Gasteiger partial charge is 0.369 e. The first-order valence-corrected chi connectivity index (χ1v) is 6.11. The molecule has 0 unspecified atom stereocenters. The molecular weight excluding hydrogens is 234 g/mol. The molecule has 1 heterocycles. The molecule has 0 aromatic carbocycles. The molecule has 18 heavy (non-hydrogen) atoms.